The number of carbonyl (C=O) groups is 1. The molecular weight excluding hydrogens is 320 g/mol. The SMILES string of the molecule is Cc1cc(C)c(NC(=O)[C@@H](C)Oc2ccc(C)cc2[N+](=O)[O-])c(C)c1. The van der Waals surface area contributed by atoms with Crippen molar-refractivity contribution in [2.45, 2.75) is 40.7 Å². The molecule has 0 saturated carbocycles. The Morgan fingerprint density at radius 1 is 1.08 bits per heavy atom. The molecule has 25 heavy (non-hydrogen) atoms. The van der Waals surface area contributed by atoms with Crippen molar-refractivity contribution in [1.82, 2.24) is 0 Å². The molecule has 0 unspecified atom stereocenters. The van der Waals surface area contributed by atoms with Crippen molar-refractivity contribution in [3.63, 3.8) is 0 Å². The number of nitro benzene ring substituents is 1. The number of aryl methyl sites for hydroxylation is 4. The number of hydrogen-bond donors (Lipinski definition) is 1. The van der Waals surface area contributed by atoms with Crippen LogP contribution in [0.3, 0.4) is 0 Å². The summed E-state index contributed by atoms with van der Waals surface area (Å²) < 4.78 is 5.55. The first-order valence-corrected chi connectivity index (χ1v) is 7.99. The standard InChI is InChI=1S/C19H22N2O4/c1-11-6-7-17(16(10-11)21(23)24)25-15(5)19(22)20-18-13(3)8-12(2)9-14(18)4/h6-10,15H,1-5H3,(H,20,22)/t15-/m1/s1. The number of carbonyl (C=O) groups excluding carboxylic acids is 1. The van der Waals surface area contributed by atoms with Crippen molar-refractivity contribution in [2.24, 2.45) is 0 Å². The van der Waals surface area contributed by atoms with E-state index in [9.17, 15) is 14.9 Å². The third kappa shape index (κ3) is 4.35. The van der Waals surface area contributed by atoms with Gasteiger partial charge in [-0.15, -0.1) is 0 Å². The molecule has 0 radical (unpaired) electrons. The van der Waals surface area contributed by atoms with Gasteiger partial charge in [-0.25, -0.2) is 0 Å². The Morgan fingerprint density at radius 3 is 2.24 bits per heavy atom. The molecule has 0 saturated heterocycles. The van der Waals surface area contributed by atoms with Crippen LogP contribution < -0.4 is 10.1 Å². The van der Waals surface area contributed by atoms with Gasteiger partial charge in [0.25, 0.3) is 5.91 Å². The lowest BCUT2D eigenvalue weighted by Gasteiger charge is -2.17. The van der Waals surface area contributed by atoms with E-state index in [1.165, 1.54) is 12.1 Å². The Morgan fingerprint density at radius 2 is 1.68 bits per heavy atom. The molecule has 0 aliphatic heterocycles. The topological polar surface area (TPSA) is 81.5 Å². The number of anilines is 1. The summed E-state index contributed by atoms with van der Waals surface area (Å²) in [5.74, 6) is -0.277. The molecule has 0 heterocycles. The fourth-order valence-electron chi connectivity index (χ4n) is 2.72. The van der Waals surface area contributed by atoms with Crippen molar-refractivity contribution in [2.75, 3.05) is 5.32 Å². The summed E-state index contributed by atoms with van der Waals surface area (Å²) in [5.41, 5.74) is 4.38. The van der Waals surface area contributed by atoms with E-state index in [1.54, 1.807) is 19.9 Å². The highest BCUT2D eigenvalue weighted by Crippen LogP contribution is 2.29. The number of benzene rings is 2. The van der Waals surface area contributed by atoms with Crippen LogP contribution in [0.4, 0.5) is 11.4 Å². The molecule has 0 aromatic heterocycles. The smallest absolute Gasteiger partial charge is 0.311 e. The maximum Gasteiger partial charge on any atom is 0.311 e. The molecule has 132 valence electrons. The number of amides is 1. The summed E-state index contributed by atoms with van der Waals surface area (Å²) in [4.78, 5) is 23.1. The van der Waals surface area contributed by atoms with Crippen molar-refractivity contribution >= 4 is 17.3 Å². The minimum Gasteiger partial charge on any atom is -0.474 e. The zero-order valence-corrected chi connectivity index (χ0v) is 15.0. The van der Waals surface area contributed by atoms with Gasteiger partial charge < -0.3 is 10.1 Å². The average molecular weight is 342 g/mol. The number of nitro groups is 1. The zero-order valence-electron chi connectivity index (χ0n) is 15.0. The van der Waals surface area contributed by atoms with Crippen molar-refractivity contribution in [1.29, 1.82) is 0 Å². The third-order valence-corrected chi connectivity index (χ3v) is 3.91. The van der Waals surface area contributed by atoms with E-state index in [4.69, 9.17) is 4.74 Å². The molecule has 2 aromatic rings. The first-order chi connectivity index (χ1) is 11.7. The molecule has 1 atom stereocenters. The Labute approximate surface area is 147 Å². The van der Waals surface area contributed by atoms with Gasteiger partial charge in [0.1, 0.15) is 0 Å². The van der Waals surface area contributed by atoms with Crippen LogP contribution in [0.15, 0.2) is 30.3 Å². The lowest BCUT2D eigenvalue weighted by Crippen LogP contribution is -2.31. The molecule has 6 nitrogen and oxygen atoms in total. The monoisotopic (exact) mass is 342 g/mol. The lowest BCUT2D eigenvalue weighted by molar-refractivity contribution is -0.386. The van der Waals surface area contributed by atoms with E-state index in [0.29, 0.717) is 0 Å². The maximum absolute atomic E-state index is 12.4. The molecule has 0 bridgehead atoms. The van der Waals surface area contributed by atoms with Gasteiger partial charge in [0.15, 0.2) is 11.9 Å². The molecule has 6 heteroatoms. The van der Waals surface area contributed by atoms with E-state index in [1.807, 2.05) is 32.9 Å². The molecular formula is C19H22N2O4. The average Bonchev–Trinajstić information content (AvgIpc) is 2.51. The van der Waals surface area contributed by atoms with Gasteiger partial charge in [-0.1, -0.05) is 23.8 Å². The second-order valence-corrected chi connectivity index (χ2v) is 6.25. The normalized spacial score (nSPS) is 11.7. The van der Waals surface area contributed by atoms with Crippen LogP contribution in [0, 0.1) is 37.8 Å². The summed E-state index contributed by atoms with van der Waals surface area (Å²) in [6, 6.07) is 8.62. The number of ether oxygens (including phenoxy) is 1. The van der Waals surface area contributed by atoms with Gasteiger partial charge in [-0.05, 0) is 57.4 Å². The first-order valence-electron chi connectivity index (χ1n) is 7.99. The second-order valence-electron chi connectivity index (χ2n) is 6.25. The minimum atomic E-state index is -0.874. The predicted octanol–water partition coefficient (Wildman–Crippen LogP) is 4.23. The fraction of sp³-hybridized carbons (Fsp3) is 0.316. The minimum absolute atomic E-state index is 0.0793. The van der Waals surface area contributed by atoms with Crippen LogP contribution in [-0.4, -0.2) is 16.9 Å². The number of hydrogen-bond acceptors (Lipinski definition) is 4. The zero-order chi connectivity index (χ0) is 18.7. The van der Waals surface area contributed by atoms with Crippen molar-refractivity contribution < 1.29 is 14.5 Å². The quantitative estimate of drug-likeness (QED) is 0.651. The van der Waals surface area contributed by atoms with Crippen LogP contribution in [-0.2, 0) is 4.79 Å². The Balaban J connectivity index is 2.18. The third-order valence-electron chi connectivity index (χ3n) is 3.91. The molecule has 0 spiro atoms. The number of nitrogens with zero attached hydrogens (tertiary/aromatic N) is 1. The van der Waals surface area contributed by atoms with E-state index in [0.717, 1.165) is 27.9 Å². The molecule has 2 aromatic carbocycles. The van der Waals surface area contributed by atoms with Crippen LogP contribution >= 0.6 is 0 Å². The van der Waals surface area contributed by atoms with Crippen LogP contribution in [0.5, 0.6) is 5.75 Å². The Hall–Kier alpha value is -2.89. The van der Waals surface area contributed by atoms with Crippen LogP contribution in [0.25, 0.3) is 0 Å². The van der Waals surface area contributed by atoms with Gasteiger partial charge >= 0.3 is 5.69 Å². The highest BCUT2D eigenvalue weighted by Gasteiger charge is 2.22. The lowest BCUT2D eigenvalue weighted by atomic mass is 10.0. The van der Waals surface area contributed by atoms with Gasteiger partial charge in [-0.3, -0.25) is 14.9 Å². The summed E-state index contributed by atoms with van der Waals surface area (Å²) in [7, 11) is 0. The first kappa shape index (κ1) is 18.4. The van der Waals surface area contributed by atoms with Crippen molar-refractivity contribution in [3.05, 3.63) is 62.7 Å². The summed E-state index contributed by atoms with van der Waals surface area (Å²) in [6.45, 7) is 9.17. The van der Waals surface area contributed by atoms with Gasteiger partial charge in [-0.2, -0.15) is 0 Å². The Bertz CT molecular complexity index is 807. The van der Waals surface area contributed by atoms with E-state index in [-0.39, 0.29) is 17.3 Å². The van der Waals surface area contributed by atoms with Gasteiger partial charge in [0, 0.05) is 11.8 Å². The van der Waals surface area contributed by atoms with E-state index >= 15 is 0 Å². The molecule has 0 aliphatic rings. The highest BCUT2D eigenvalue weighted by molar-refractivity contribution is 5.95. The van der Waals surface area contributed by atoms with Gasteiger partial charge in [0.05, 0.1) is 4.92 Å². The largest absolute Gasteiger partial charge is 0.474 e. The molecule has 1 N–H and O–H groups in total. The summed E-state index contributed by atoms with van der Waals surface area (Å²) in [6.07, 6.45) is -0.874. The predicted molar refractivity (Wildman–Crippen MR) is 97.2 cm³/mol. The highest BCUT2D eigenvalue weighted by atomic mass is 16.6. The van der Waals surface area contributed by atoms with Crippen LogP contribution in [0.1, 0.15) is 29.2 Å². The molecule has 1 amide bonds. The fourth-order valence-corrected chi connectivity index (χ4v) is 2.72. The summed E-state index contributed by atoms with van der Waals surface area (Å²) >= 11 is 0. The molecule has 0 aliphatic carbocycles. The Kier molecular flexibility index (Phi) is 5.41. The van der Waals surface area contributed by atoms with Gasteiger partial charge in [0.2, 0.25) is 0 Å². The second kappa shape index (κ2) is 7.34. The molecule has 0 fully saturated rings. The van der Waals surface area contributed by atoms with E-state index < -0.39 is 11.0 Å². The van der Waals surface area contributed by atoms with Crippen molar-refractivity contribution in [3.8, 4) is 5.75 Å². The number of rotatable bonds is 5. The van der Waals surface area contributed by atoms with Crippen LogP contribution in [0.2, 0.25) is 0 Å². The van der Waals surface area contributed by atoms with E-state index in [2.05, 4.69) is 5.32 Å². The summed E-state index contributed by atoms with van der Waals surface area (Å²) in [5, 5.41) is 14.0. The maximum atomic E-state index is 12.4. The molecule has 2 rings (SSSR count). The number of nitrogens with one attached hydrogen (secondary N) is 1.